The number of nitrogens with one attached hydrogen (secondary N) is 1. The number of aliphatic hydroxyl groups is 1. The highest BCUT2D eigenvalue weighted by Crippen LogP contribution is 2.30. The van der Waals surface area contributed by atoms with Gasteiger partial charge in [-0.15, -0.1) is 0 Å². The van der Waals surface area contributed by atoms with Crippen molar-refractivity contribution in [1.82, 2.24) is 5.32 Å². The summed E-state index contributed by atoms with van der Waals surface area (Å²) in [5.74, 6) is 0.0762. The van der Waals surface area contributed by atoms with Gasteiger partial charge in [-0.3, -0.25) is 0 Å². The van der Waals surface area contributed by atoms with Crippen LogP contribution in [0.5, 0.6) is 0 Å². The van der Waals surface area contributed by atoms with Crippen LogP contribution in [0.15, 0.2) is 0 Å². The SMILES string of the molecule is OCCCCCOCCOC(CC1CCNCC1)C(F)(F)F. The number of unbranched alkanes of at least 4 members (excludes halogenated alkanes) is 2. The van der Waals surface area contributed by atoms with Gasteiger partial charge in [0.15, 0.2) is 6.10 Å². The van der Waals surface area contributed by atoms with Gasteiger partial charge in [-0.1, -0.05) is 0 Å². The van der Waals surface area contributed by atoms with Gasteiger partial charge in [-0.25, -0.2) is 0 Å². The average molecular weight is 327 g/mol. The molecule has 132 valence electrons. The molecular formula is C15H28F3NO3. The summed E-state index contributed by atoms with van der Waals surface area (Å²) in [4.78, 5) is 0. The number of piperidine rings is 1. The minimum Gasteiger partial charge on any atom is -0.396 e. The third-order valence-corrected chi connectivity index (χ3v) is 3.86. The van der Waals surface area contributed by atoms with Gasteiger partial charge in [-0.05, 0) is 57.5 Å². The van der Waals surface area contributed by atoms with Crippen molar-refractivity contribution < 1.29 is 27.8 Å². The molecule has 1 fully saturated rings. The largest absolute Gasteiger partial charge is 0.414 e. The highest BCUT2D eigenvalue weighted by atomic mass is 19.4. The van der Waals surface area contributed by atoms with Crippen LogP contribution in [0.25, 0.3) is 0 Å². The molecule has 1 atom stereocenters. The van der Waals surface area contributed by atoms with Crippen molar-refractivity contribution in [1.29, 1.82) is 0 Å². The minimum atomic E-state index is -4.31. The van der Waals surface area contributed by atoms with Gasteiger partial charge in [0.25, 0.3) is 0 Å². The van der Waals surface area contributed by atoms with Gasteiger partial charge >= 0.3 is 6.18 Å². The zero-order valence-corrected chi connectivity index (χ0v) is 13.0. The third kappa shape index (κ3) is 8.92. The first-order valence-electron chi connectivity index (χ1n) is 8.11. The van der Waals surface area contributed by atoms with Crippen molar-refractivity contribution in [2.75, 3.05) is 39.5 Å². The molecule has 0 radical (unpaired) electrons. The lowest BCUT2D eigenvalue weighted by atomic mass is 9.92. The summed E-state index contributed by atoms with van der Waals surface area (Å²) in [7, 11) is 0. The van der Waals surface area contributed by atoms with Gasteiger partial charge in [0, 0.05) is 13.2 Å². The molecule has 0 bridgehead atoms. The fraction of sp³-hybridized carbons (Fsp3) is 1.00. The van der Waals surface area contributed by atoms with E-state index in [1.54, 1.807) is 0 Å². The number of hydrogen-bond acceptors (Lipinski definition) is 4. The van der Waals surface area contributed by atoms with Crippen LogP contribution >= 0.6 is 0 Å². The van der Waals surface area contributed by atoms with Crippen LogP contribution in [-0.2, 0) is 9.47 Å². The maximum absolute atomic E-state index is 13.0. The zero-order valence-electron chi connectivity index (χ0n) is 13.0. The van der Waals surface area contributed by atoms with Gasteiger partial charge < -0.3 is 19.9 Å². The Morgan fingerprint density at radius 3 is 2.41 bits per heavy atom. The first kappa shape index (κ1) is 19.7. The van der Waals surface area contributed by atoms with Crippen LogP contribution in [0.1, 0.15) is 38.5 Å². The molecule has 4 nitrogen and oxygen atoms in total. The maximum atomic E-state index is 13.0. The highest BCUT2D eigenvalue weighted by Gasteiger charge is 2.41. The fourth-order valence-corrected chi connectivity index (χ4v) is 2.56. The first-order chi connectivity index (χ1) is 10.5. The van der Waals surface area contributed by atoms with Crippen LogP contribution < -0.4 is 5.32 Å². The lowest BCUT2D eigenvalue weighted by molar-refractivity contribution is -0.228. The summed E-state index contributed by atoms with van der Waals surface area (Å²) in [6.07, 6.45) is -2.01. The number of ether oxygens (including phenoxy) is 2. The molecule has 0 amide bonds. The quantitative estimate of drug-likeness (QED) is 0.573. The predicted molar refractivity (Wildman–Crippen MR) is 77.8 cm³/mol. The first-order valence-corrected chi connectivity index (χ1v) is 8.11. The number of hydrogen-bond donors (Lipinski definition) is 2. The Kier molecular flexibility index (Phi) is 10.0. The molecule has 1 saturated heterocycles. The van der Waals surface area contributed by atoms with Crippen molar-refractivity contribution in [2.45, 2.75) is 50.8 Å². The normalized spacial score (nSPS) is 18.5. The van der Waals surface area contributed by atoms with E-state index in [9.17, 15) is 13.2 Å². The van der Waals surface area contributed by atoms with Crippen molar-refractivity contribution >= 4 is 0 Å². The number of aliphatic hydroxyl groups excluding tert-OH is 1. The smallest absolute Gasteiger partial charge is 0.396 e. The van der Waals surface area contributed by atoms with E-state index in [4.69, 9.17) is 14.6 Å². The standard InChI is InChI=1S/C15H28F3NO3/c16-15(17,18)14(12-13-4-6-19-7-5-13)22-11-10-21-9-3-1-2-8-20/h13-14,19-20H,1-12H2. The summed E-state index contributed by atoms with van der Waals surface area (Å²) < 4.78 is 49.2. The Morgan fingerprint density at radius 2 is 1.77 bits per heavy atom. The monoisotopic (exact) mass is 327 g/mol. The summed E-state index contributed by atoms with van der Waals surface area (Å²) in [5, 5.41) is 11.8. The molecular weight excluding hydrogens is 299 g/mol. The van der Waals surface area contributed by atoms with E-state index >= 15 is 0 Å². The van der Waals surface area contributed by atoms with Crippen LogP contribution in [0, 0.1) is 5.92 Å². The number of rotatable bonds is 11. The van der Waals surface area contributed by atoms with Gasteiger partial charge in [0.2, 0.25) is 0 Å². The molecule has 1 aliphatic heterocycles. The molecule has 1 heterocycles. The van der Waals surface area contributed by atoms with E-state index in [2.05, 4.69) is 5.32 Å². The van der Waals surface area contributed by atoms with E-state index in [1.165, 1.54) is 0 Å². The average Bonchev–Trinajstić information content (AvgIpc) is 2.49. The second-order valence-corrected chi connectivity index (χ2v) is 5.73. The molecule has 1 rings (SSSR count). The van der Waals surface area contributed by atoms with Crippen LogP contribution in [0.2, 0.25) is 0 Å². The zero-order chi connectivity index (χ0) is 16.3. The predicted octanol–water partition coefficient (Wildman–Crippen LogP) is 2.50. The van der Waals surface area contributed by atoms with Gasteiger partial charge in [0.05, 0.1) is 13.2 Å². The van der Waals surface area contributed by atoms with Gasteiger partial charge in [-0.2, -0.15) is 13.2 Å². The summed E-state index contributed by atoms with van der Waals surface area (Å²) in [6.45, 7) is 2.37. The van der Waals surface area contributed by atoms with Crippen LogP contribution in [0.4, 0.5) is 13.2 Å². The second-order valence-electron chi connectivity index (χ2n) is 5.73. The number of halogens is 3. The van der Waals surface area contributed by atoms with E-state index < -0.39 is 12.3 Å². The summed E-state index contributed by atoms with van der Waals surface area (Å²) in [5.41, 5.74) is 0. The Bertz CT molecular complexity index is 271. The molecule has 7 heteroatoms. The van der Waals surface area contributed by atoms with E-state index in [0.29, 0.717) is 6.61 Å². The topological polar surface area (TPSA) is 50.7 Å². The van der Waals surface area contributed by atoms with Crippen molar-refractivity contribution in [3.8, 4) is 0 Å². The molecule has 0 spiro atoms. The highest BCUT2D eigenvalue weighted by molar-refractivity contribution is 4.76. The molecule has 0 aliphatic carbocycles. The van der Waals surface area contributed by atoms with E-state index in [0.717, 1.165) is 45.2 Å². The molecule has 2 N–H and O–H groups in total. The molecule has 22 heavy (non-hydrogen) atoms. The third-order valence-electron chi connectivity index (χ3n) is 3.86. The Morgan fingerprint density at radius 1 is 1.05 bits per heavy atom. The Hall–Kier alpha value is -0.370. The summed E-state index contributed by atoms with van der Waals surface area (Å²) in [6, 6.07) is 0. The van der Waals surface area contributed by atoms with Gasteiger partial charge in [0.1, 0.15) is 0 Å². The van der Waals surface area contributed by atoms with E-state index in [1.807, 2.05) is 0 Å². The maximum Gasteiger partial charge on any atom is 0.414 e. The molecule has 0 aromatic rings. The van der Waals surface area contributed by atoms with Crippen LogP contribution in [0.3, 0.4) is 0 Å². The minimum absolute atomic E-state index is 0.0326. The lowest BCUT2D eigenvalue weighted by Crippen LogP contribution is -2.37. The van der Waals surface area contributed by atoms with E-state index in [-0.39, 0.29) is 32.2 Å². The lowest BCUT2D eigenvalue weighted by Gasteiger charge is -2.28. The Balaban J connectivity index is 2.16. The van der Waals surface area contributed by atoms with Crippen molar-refractivity contribution in [3.05, 3.63) is 0 Å². The van der Waals surface area contributed by atoms with Crippen LogP contribution in [-0.4, -0.2) is 56.9 Å². The Labute approximate surface area is 130 Å². The van der Waals surface area contributed by atoms with Crippen molar-refractivity contribution in [2.24, 2.45) is 5.92 Å². The molecule has 0 saturated carbocycles. The molecule has 1 aliphatic rings. The van der Waals surface area contributed by atoms with Crippen molar-refractivity contribution in [3.63, 3.8) is 0 Å². The number of alkyl halides is 3. The summed E-state index contributed by atoms with van der Waals surface area (Å²) >= 11 is 0. The molecule has 0 aromatic carbocycles. The fourth-order valence-electron chi connectivity index (χ4n) is 2.56. The molecule has 1 unspecified atom stereocenters. The second kappa shape index (κ2) is 11.2. The molecule has 0 aromatic heterocycles.